The van der Waals surface area contributed by atoms with E-state index in [0.29, 0.717) is 19.0 Å². The zero-order valence-corrected chi connectivity index (χ0v) is 13.1. The first-order valence-electron chi connectivity index (χ1n) is 6.90. The first-order chi connectivity index (χ1) is 9.40. The van der Waals surface area contributed by atoms with Crippen molar-refractivity contribution in [2.24, 2.45) is 11.7 Å². The van der Waals surface area contributed by atoms with Crippen molar-refractivity contribution >= 4 is 18.3 Å². The van der Waals surface area contributed by atoms with Gasteiger partial charge in [0.25, 0.3) is 5.91 Å². The van der Waals surface area contributed by atoms with Gasteiger partial charge in [-0.3, -0.25) is 4.79 Å². The number of halogens is 3. The summed E-state index contributed by atoms with van der Waals surface area (Å²) in [4.78, 5) is 13.9. The van der Waals surface area contributed by atoms with E-state index in [1.165, 1.54) is 13.0 Å². The standard InChI is InChI=1S/C15H20F2N2O.ClH/c1-9-7-12(14(17)8-13(9)16)15(20)19-5-3-11(4-6-19)10(2)18;/h7-8,10-11H,3-6,18H2,1-2H3;1H. The number of carbonyl (C=O) groups is 1. The Balaban J connectivity index is 0.00000220. The Morgan fingerprint density at radius 2 is 1.86 bits per heavy atom. The second-order valence-corrected chi connectivity index (χ2v) is 5.57. The van der Waals surface area contributed by atoms with Crippen LogP contribution in [0.1, 0.15) is 35.7 Å². The smallest absolute Gasteiger partial charge is 0.256 e. The van der Waals surface area contributed by atoms with Crippen LogP contribution in [-0.2, 0) is 0 Å². The minimum absolute atomic E-state index is 0. The van der Waals surface area contributed by atoms with Gasteiger partial charge in [0.2, 0.25) is 0 Å². The van der Waals surface area contributed by atoms with E-state index in [4.69, 9.17) is 5.73 Å². The highest BCUT2D eigenvalue weighted by molar-refractivity contribution is 5.94. The van der Waals surface area contributed by atoms with E-state index in [0.717, 1.165) is 18.9 Å². The quantitative estimate of drug-likeness (QED) is 0.911. The van der Waals surface area contributed by atoms with Gasteiger partial charge in [0, 0.05) is 25.2 Å². The van der Waals surface area contributed by atoms with Gasteiger partial charge in [0.15, 0.2) is 0 Å². The Morgan fingerprint density at radius 1 is 1.29 bits per heavy atom. The monoisotopic (exact) mass is 318 g/mol. The van der Waals surface area contributed by atoms with Crippen molar-refractivity contribution in [2.45, 2.75) is 32.7 Å². The molecule has 118 valence electrons. The summed E-state index contributed by atoms with van der Waals surface area (Å²) < 4.78 is 27.0. The summed E-state index contributed by atoms with van der Waals surface area (Å²) in [6.07, 6.45) is 1.65. The van der Waals surface area contributed by atoms with E-state index in [1.54, 1.807) is 4.90 Å². The van der Waals surface area contributed by atoms with Crippen molar-refractivity contribution < 1.29 is 13.6 Å². The second-order valence-electron chi connectivity index (χ2n) is 5.57. The summed E-state index contributed by atoms with van der Waals surface area (Å²) in [5.74, 6) is -1.39. The topological polar surface area (TPSA) is 46.3 Å². The molecule has 1 saturated heterocycles. The number of piperidine rings is 1. The summed E-state index contributed by atoms with van der Waals surface area (Å²) in [6, 6.07) is 2.17. The van der Waals surface area contributed by atoms with Crippen molar-refractivity contribution in [3.05, 3.63) is 34.9 Å². The maximum absolute atomic E-state index is 13.7. The Bertz CT molecular complexity index is 515. The lowest BCUT2D eigenvalue weighted by Gasteiger charge is -2.33. The highest BCUT2D eigenvalue weighted by atomic mass is 35.5. The molecule has 21 heavy (non-hydrogen) atoms. The van der Waals surface area contributed by atoms with Gasteiger partial charge in [-0.05, 0) is 44.2 Å². The molecule has 1 amide bonds. The summed E-state index contributed by atoms with van der Waals surface area (Å²) in [5, 5.41) is 0. The minimum Gasteiger partial charge on any atom is -0.339 e. The third-order valence-electron chi connectivity index (χ3n) is 4.05. The van der Waals surface area contributed by atoms with Gasteiger partial charge >= 0.3 is 0 Å². The minimum atomic E-state index is -0.799. The molecule has 1 aliphatic rings. The van der Waals surface area contributed by atoms with Crippen LogP contribution in [0.5, 0.6) is 0 Å². The molecule has 1 atom stereocenters. The number of benzene rings is 1. The van der Waals surface area contributed by atoms with Crippen LogP contribution in [0.4, 0.5) is 8.78 Å². The average molecular weight is 319 g/mol. The maximum atomic E-state index is 13.7. The van der Waals surface area contributed by atoms with Gasteiger partial charge in [-0.1, -0.05) is 0 Å². The maximum Gasteiger partial charge on any atom is 0.256 e. The molecule has 1 aromatic carbocycles. The molecule has 0 aliphatic carbocycles. The second kappa shape index (κ2) is 7.18. The van der Waals surface area contributed by atoms with Gasteiger partial charge in [-0.25, -0.2) is 8.78 Å². The molecule has 3 nitrogen and oxygen atoms in total. The summed E-state index contributed by atoms with van der Waals surface area (Å²) in [5.41, 5.74) is 6.08. The van der Waals surface area contributed by atoms with Crippen molar-refractivity contribution in [2.75, 3.05) is 13.1 Å². The molecular formula is C15H21ClF2N2O. The predicted octanol–water partition coefficient (Wildman–Crippen LogP) is 2.89. The fourth-order valence-corrected chi connectivity index (χ4v) is 2.62. The van der Waals surface area contributed by atoms with E-state index < -0.39 is 11.6 Å². The fraction of sp³-hybridized carbons (Fsp3) is 0.533. The van der Waals surface area contributed by atoms with Gasteiger partial charge in [0.1, 0.15) is 11.6 Å². The molecule has 1 heterocycles. The van der Waals surface area contributed by atoms with Crippen LogP contribution in [-0.4, -0.2) is 29.9 Å². The molecule has 1 aromatic rings. The van der Waals surface area contributed by atoms with Crippen molar-refractivity contribution in [1.29, 1.82) is 0 Å². The molecular weight excluding hydrogens is 298 g/mol. The molecule has 1 unspecified atom stereocenters. The van der Waals surface area contributed by atoms with Crippen LogP contribution in [0.15, 0.2) is 12.1 Å². The molecule has 0 aromatic heterocycles. The van der Waals surface area contributed by atoms with E-state index >= 15 is 0 Å². The van der Waals surface area contributed by atoms with Crippen LogP contribution in [0.2, 0.25) is 0 Å². The average Bonchev–Trinajstić information content (AvgIpc) is 2.42. The van der Waals surface area contributed by atoms with E-state index in [9.17, 15) is 13.6 Å². The normalized spacial score (nSPS) is 17.3. The molecule has 0 radical (unpaired) electrons. The SMILES string of the molecule is Cc1cc(C(=O)N2CCC(C(C)N)CC2)c(F)cc1F.Cl. The molecule has 1 fully saturated rings. The Labute approximate surface area is 129 Å². The van der Waals surface area contributed by atoms with E-state index in [-0.39, 0.29) is 35.5 Å². The number of carbonyl (C=O) groups excluding carboxylic acids is 1. The van der Waals surface area contributed by atoms with Gasteiger partial charge < -0.3 is 10.6 Å². The van der Waals surface area contributed by atoms with Gasteiger partial charge in [0.05, 0.1) is 5.56 Å². The van der Waals surface area contributed by atoms with Crippen LogP contribution in [0.3, 0.4) is 0 Å². The first kappa shape index (κ1) is 17.9. The first-order valence-corrected chi connectivity index (χ1v) is 6.90. The van der Waals surface area contributed by atoms with Crippen LogP contribution >= 0.6 is 12.4 Å². The number of hydrogen-bond acceptors (Lipinski definition) is 2. The summed E-state index contributed by atoms with van der Waals surface area (Å²) in [7, 11) is 0. The van der Waals surface area contributed by atoms with Crippen LogP contribution < -0.4 is 5.73 Å². The molecule has 0 bridgehead atoms. The number of hydrogen-bond donors (Lipinski definition) is 1. The third-order valence-corrected chi connectivity index (χ3v) is 4.05. The molecule has 0 saturated carbocycles. The zero-order chi connectivity index (χ0) is 14.9. The number of amides is 1. The van der Waals surface area contributed by atoms with Crippen molar-refractivity contribution in [3.8, 4) is 0 Å². The van der Waals surface area contributed by atoms with Crippen LogP contribution in [0.25, 0.3) is 0 Å². The molecule has 0 spiro atoms. The summed E-state index contributed by atoms with van der Waals surface area (Å²) >= 11 is 0. The van der Waals surface area contributed by atoms with Gasteiger partial charge in [-0.15, -0.1) is 12.4 Å². The molecule has 6 heteroatoms. The van der Waals surface area contributed by atoms with Crippen LogP contribution in [0, 0.1) is 24.5 Å². The van der Waals surface area contributed by atoms with E-state index in [2.05, 4.69) is 0 Å². The number of likely N-dealkylation sites (tertiary alicyclic amines) is 1. The Morgan fingerprint density at radius 3 is 2.38 bits per heavy atom. The molecule has 2 N–H and O–H groups in total. The zero-order valence-electron chi connectivity index (χ0n) is 12.2. The number of nitrogens with zero attached hydrogens (tertiary/aromatic N) is 1. The lowest BCUT2D eigenvalue weighted by atomic mass is 9.90. The fourth-order valence-electron chi connectivity index (χ4n) is 2.62. The lowest BCUT2D eigenvalue weighted by Crippen LogP contribution is -2.42. The Kier molecular flexibility index (Phi) is 6.10. The predicted molar refractivity (Wildman–Crippen MR) is 80.6 cm³/mol. The highest BCUT2D eigenvalue weighted by Gasteiger charge is 2.27. The number of nitrogens with two attached hydrogens (primary N) is 1. The van der Waals surface area contributed by atoms with E-state index in [1.807, 2.05) is 6.92 Å². The third kappa shape index (κ3) is 3.92. The number of aryl methyl sites for hydroxylation is 1. The summed E-state index contributed by atoms with van der Waals surface area (Å²) in [6.45, 7) is 4.63. The largest absolute Gasteiger partial charge is 0.339 e. The molecule has 1 aliphatic heterocycles. The Hall–Kier alpha value is -1.20. The molecule has 2 rings (SSSR count). The van der Waals surface area contributed by atoms with Crippen molar-refractivity contribution in [3.63, 3.8) is 0 Å². The van der Waals surface area contributed by atoms with Crippen molar-refractivity contribution in [1.82, 2.24) is 4.90 Å². The lowest BCUT2D eigenvalue weighted by molar-refractivity contribution is 0.0676. The number of rotatable bonds is 2. The highest BCUT2D eigenvalue weighted by Crippen LogP contribution is 2.22. The van der Waals surface area contributed by atoms with Gasteiger partial charge in [-0.2, -0.15) is 0 Å².